The van der Waals surface area contributed by atoms with Crippen LogP contribution in [0.25, 0.3) is 0 Å². The van der Waals surface area contributed by atoms with Gasteiger partial charge in [0.05, 0.1) is 22.9 Å². The summed E-state index contributed by atoms with van der Waals surface area (Å²) in [4.78, 5) is 19.3. The highest BCUT2D eigenvalue weighted by Crippen LogP contribution is 2.31. The van der Waals surface area contributed by atoms with E-state index >= 15 is 0 Å². The van der Waals surface area contributed by atoms with E-state index in [0.29, 0.717) is 38.8 Å². The standard InChI is InChI=1S/C14H21N3O3/c1-10-6-17-12(8-16-10)7-15-9-14(20)4-2-11(3-5-14)13(18)19/h6,8,11,15,20H,2-5,7,9H2,1H3,(H,18,19). The van der Waals surface area contributed by atoms with Gasteiger partial charge in [-0.25, -0.2) is 0 Å². The number of aliphatic carboxylic acids is 1. The highest BCUT2D eigenvalue weighted by molar-refractivity contribution is 5.70. The Bertz CT molecular complexity index is 453. The summed E-state index contributed by atoms with van der Waals surface area (Å²) >= 11 is 0. The molecule has 0 atom stereocenters. The second-order valence-electron chi connectivity index (χ2n) is 5.59. The van der Waals surface area contributed by atoms with Crippen LogP contribution in [0.4, 0.5) is 0 Å². The number of aliphatic hydroxyl groups is 1. The van der Waals surface area contributed by atoms with Gasteiger partial charge in [-0.15, -0.1) is 0 Å². The van der Waals surface area contributed by atoms with Crippen molar-refractivity contribution in [3.8, 4) is 0 Å². The van der Waals surface area contributed by atoms with Gasteiger partial charge in [0.1, 0.15) is 0 Å². The molecule has 1 aromatic heterocycles. The highest BCUT2D eigenvalue weighted by Gasteiger charge is 2.35. The Morgan fingerprint density at radius 1 is 1.40 bits per heavy atom. The van der Waals surface area contributed by atoms with E-state index in [1.54, 1.807) is 12.4 Å². The van der Waals surface area contributed by atoms with Gasteiger partial charge in [0, 0.05) is 25.5 Å². The molecule has 110 valence electrons. The first-order valence-electron chi connectivity index (χ1n) is 6.92. The number of aryl methyl sites for hydroxylation is 1. The molecule has 0 aromatic carbocycles. The quantitative estimate of drug-likeness (QED) is 0.740. The summed E-state index contributed by atoms with van der Waals surface area (Å²) in [6.45, 7) is 2.89. The minimum absolute atomic E-state index is 0.307. The van der Waals surface area contributed by atoms with Gasteiger partial charge in [-0.05, 0) is 32.6 Å². The van der Waals surface area contributed by atoms with Gasteiger partial charge >= 0.3 is 5.97 Å². The first kappa shape index (κ1) is 14.9. The van der Waals surface area contributed by atoms with Crippen molar-refractivity contribution in [2.45, 2.75) is 44.8 Å². The van der Waals surface area contributed by atoms with Crippen molar-refractivity contribution in [2.75, 3.05) is 6.54 Å². The number of hydrogen-bond donors (Lipinski definition) is 3. The van der Waals surface area contributed by atoms with Gasteiger partial charge in [-0.3, -0.25) is 14.8 Å². The Labute approximate surface area is 118 Å². The molecule has 0 bridgehead atoms. The van der Waals surface area contributed by atoms with Gasteiger partial charge in [0.15, 0.2) is 0 Å². The summed E-state index contributed by atoms with van der Waals surface area (Å²) < 4.78 is 0. The van der Waals surface area contributed by atoms with Gasteiger partial charge in [0.2, 0.25) is 0 Å². The van der Waals surface area contributed by atoms with Crippen LogP contribution in [0.1, 0.15) is 37.1 Å². The molecule has 0 radical (unpaired) electrons. The van der Waals surface area contributed by atoms with Gasteiger partial charge in [-0.2, -0.15) is 0 Å². The maximum Gasteiger partial charge on any atom is 0.306 e. The van der Waals surface area contributed by atoms with Crippen LogP contribution in [0.5, 0.6) is 0 Å². The van der Waals surface area contributed by atoms with Crippen molar-refractivity contribution >= 4 is 5.97 Å². The lowest BCUT2D eigenvalue weighted by Crippen LogP contribution is -2.44. The van der Waals surface area contributed by atoms with E-state index in [9.17, 15) is 9.90 Å². The topological polar surface area (TPSA) is 95.3 Å². The first-order valence-corrected chi connectivity index (χ1v) is 6.92. The molecular weight excluding hydrogens is 258 g/mol. The van der Waals surface area contributed by atoms with E-state index in [2.05, 4.69) is 15.3 Å². The van der Waals surface area contributed by atoms with Crippen molar-refractivity contribution in [1.29, 1.82) is 0 Å². The van der Waals surface area contributed by atoms with E-state index in [-0.39, 0.29) is 5.92 Å². The maximum atomic E-state index is 10.9. The number of nitrogens with one attached hydrogen (secondary N) is 1. The van der Waals surface area contributed by atoms with E-state index in [0.717, 1.165) is 11.4 Å². The molecule has 6 heteroatoms. The number of carboxylic acid groups (broad SMARTS) is 1. The summed E-state index contributed by atoms with van der Waals surface area (Å²) in [6.07, 6.45) is 5.56. The fourth-order valence-corrected chi connectivity index (χ4v) is 2.51. The number of aromatic nitrogens is 2. The summed E-state index contributed by atoms with van der Waals surface area (Å²) in [7, 11) is 0. The lowest BCUT2D eigenvalue weighted by molar-refractivity contribution is -0.144. The third-order valence-electron chi connectivity index (χ3n) is 3.86. The number of hydrogen-bond acceptors (Lipinski definition) is 5. The van der Waals surface area contributed by atoms with E-state index < -0.39 is 11.6 Å². The van der Waals surface area contributed by atoms with Crippen LogP contribution in [0.2, 0.25) is 0 Å². The van der Waals surface area contributed by atoms with Crippen molar-refractivity contribution in [1.82, 2.24) is 15.3 Å². The normalized spacial score (nSPS) is 26.4. The number of carbonyl (C=O) groups is 1. The SMILES string of the molecule is Cc1cnc(CNCC2(O)CCC(C(=O)O)CC2)cn1. The Hall–Kier alpha value is -1.53. The van der Waals surface area contributed by atoms with Crippen LogP contribution in [0, 0.1) is 12.8 Å². The molecule has 0 amide bonds. The maximum absolute atomic E-state index is 10.9. The Morgan fingerprint density at radius 3 is 2.65 bits per heavy atom. The van der Waals surface area contributed by atoms with E-state index in [4.69, 9.17) is 5.11 Å². The average Bonchev–Trinajstić information content (AvgIpc) is 2.41. The second-order valence-corrected chi connectivity index (χ2v) is 5.59. The smallest absolute Gasteiger partial charge is 0.306 e. The van der Waals surface area contributed by atoms with Crippen molar-refractivity contribution in [3.05, 3.63) is 23.8 Å². The van der Waals surface area contributed by atoms with Gasteiger partial charge < -0.3 is 15.5 Å². The summed E-state index contributed by atoms with van der Waals surface area (Å²) in [5, 5.41) is 22.5. The Kier molecular flexibility index (Phi) is 4.67. The number of nitrogens with zero attached hydrogens (tertiary/aromatic N) is 2. The van der Waals surface area contributed by atoms with Crippen LogP contribution in [-0.4, -0.2) is 38.3 Å². The minimum Gasteiger partial charge on any atom is -0.481 e. The van der Waals surface area contributed by atoms with E-state index in [1.807, 2.05) is 6.92 Å². The zero-order chi connectivity index (χ0) is 14.6. The van der Waals surface area contributed by atoms with Crippen LogP contribution < -0.4 is 5.32 Å². The fourth-order valence-electron chi connectivity index (χ4n) is 2.51. The third-order valence-corrected chi connectivity index (χ3v) is 3.86. The average molecular weight is 279 g/mol. The minimum atomic E-state index is -0.802. The lowest BCUT2D eigenvalue weighted by atomic mass is 9.79. The molecule has 3 N–H and O–H groups in total. The van der Waals surface area contributed by atoms with Crippen molar-refractivity contribution in [2.24, 2.45) is 5.92 Å². The molecule has 2 rings (SSSR count). The predicted molar refractivity (Wildman–Crippen MR) is 73.0 cm³/mol. The Balaban J connectivity index is 1.76. The molecule has 1 aromatic rings. The third kappa shape index (κ3) is 3.98. The molecule has 20 heavy (non-hydrogen) atoms. The van der Waals surface area contributed by atoms with Crippen LogP contribution in [0.3, 0.4) is 0 Å². The predicted octanol–water partition coefficient (Wildman–Crippen LogP) is 0.881. The van der Waals surface area contributed by atoms with Crippen LogP contribution in [0.15, 0.2) is 12.4 Å². The summed E-state index contributed by atoms with van der Waals surface area (Å²) in [5.41, 5.74) is 0.905. The molecular formula is C14H21N3O3. The molecule has 0 saturated heterocycles. The molecule has 6 nitrogen and oxygen atoms in total. The fraction of sp³-hybridized carbons (Fsp3) is 0.643. The zero-order valence-corrected chi connectivity index (χ0v) is 11.7. The molecule has 1 aliphatic carbocycles. The number of rotatable bonds is 5. The van der Waals surface area contributed by atoms with Crippen LogP contribution >= 0.6 is 0 Å². The van der Waals surface area contributed by atoms with Gasteiger partial charge in [0.25, 0.3) is 0 Å². The molecule has 1 aliphatic rings. The first-order chi connectivity index (χ1) is 9.48. The number of carboxylic acids is 1. The highest BCUT2D eigenvalue weighted by atomic mass is 16.4. The molecule has 1 saturated carbocycles. The molecule has 1 heterocycles. The molecule has 0 spiro atoms. The lowest BCUT2D eigenvalue weighted by Gasteiger charge is -2.34. The second kappa shape index (κ2) is 6.28. The van der Waals surface area contributed by atoms with Crippen molar-refractivity contribution in [3.63, 3.8) is 0 Å². The van der Waals surface area contributed by atoms with Gasteiger partial charge in [-0.1, -0.05) is 0 Å². The van der Waals surface area contributed by atoms with E-state index in [1.165, 1.54) is 0 Å². The molecule has 0 unspecified atom stereocenters. The summed E-state index contributed by atoms with van der Waals surface area (Å²) in [6, 6.07) is 0. The molecule has 1 fully saturated rings. The zero-order valence-electron chi connectivity index (χ0n) is 11.7. The molecule has 0 aliphatic heterocycles. The van der Waals surface area contributed by atoms with Crippen molar-refractivity contribution < 1.29 is 15.0 Å². The Morgan fingerprint density at radius 2 is 2.10 bits per heavy atom. The van der Waals surface area contributed by atoms with Crippen LogP contribution in [-0.2, 0) is 11.3 Å². The monoisotopic (exact) mass is 279 g/mol. The largest absolute Gasteiger partial charge is 0.481 e. The summed E-state index contributed by atoms with van der Waals surface area (Å²) in [5.74, 6) is -1.06.